The van der Waals surface area contributed by atoms with Crippen LogP contribution in [0.1, 0.15) is 40.1 Å². The lowest BCUT2D eigenvalue weighted by atomic mass is 10.0. The number of nitrogens with zero attached hydrogens (tertiary/aromatic N) is 4. The molecule has 7 aromatic rings. The summed E-state index contributed by atoms with van der Waals surface area (Å²) in [4.78, 5) is 24.6. The largest absolute Gasteiger partial charge is 0.361 e. The molecule has 0 saturated heterocycles. The highest BCUT2D eigenvalue weighted by molar-refractivity contribution is 5.84. The van der Waals surface area contributed by atoms with Crippen molar-refractivity contribution in [3.05, 3.63) is 150 Å². The van der Waals surface area contributed by atoms with Gasteiger partial charge in [0.05, 0.1) is 19.0 Å². The zero-order valence-corrected chi connectivity index (χ0v) is 24.3. The maximum atomic E-state index is 13.5. The van der Waals surface area contributed by atoms with E-state index in [1.807, 2.05) is 60.8 Å². The Morgan fingerprint density at radius 2 is 1.43 bits per heavy atom. The molecule has 218 valence electrons. The van der Waals surface area contributed by atoms with Crippen LogP contribution in [-0.4, -0.2) is 35.6 Å². The summed E-state index contributed by atoms with van der Waals surface area (Å²) >= 11 is 0. The van der Waals surface area contributed by atoms with Gasteiger partial charge in [-0.25, -0.2) is 0 Å². The topological polar surface area (TPSA) is 104 Å². The summed E-state index contributed by atoms with van der Waals surface area (Å²) in [5.41, 5.74) is 6.41. The van der Waals surface area contributed by atoms with Crippen LogP contribution in [-0.2, 0) is 37.0 Å². The van der Waals surface area contributed by atoms with Gasteiger partial charge in [-0.1, -0.05) is 72.8 Å². The standard InChI is InChI=1S/C36H33N7O/c44-35(21-28-12-8-9-19-37-28)40-33(20-27-23-39-32-16-7-5-14-30(27)32)36-42-41-34(43(36)24-25-10-2-1-3-11-25)18-17-26-22-38-31-15-6-4-13-29(26)31/h1-16,19,22-23,33,38-39H,17-18,20-21,24H2,(H,40,44). The van der Waals surface area contributed by atoms with E-state index >= 15 is 0 Å². The summed E-state index contributed by atoms with van der Waals surface area (Å²) < 4.78 is 2.19. The Kier molecular flexibility index (Phi) is 7.70. The first-order chi connectivity index (χ1) is 21.7. The predicted molar refractivity (Wildman–Crippen MR) is 172 cm³/mol. The van der Waals surface area contributed by atoms with Gasteiger partial charge >= 0.3 is 0 Å². The second kappa shape index (κ2) is 12.4. The molecule has 0 aliphatic carbocycles. The van der Waals surface area contributed by atoms with Crippen molar-refractivity contribution in [1.29, 1.82) is 0 Å². The van der Waals surface area contributed by atoms with E-state index in [1.165, 1.54) is 10.9 Å². The molecule has 8 heteroatoms. The molecule has 0 aliphatic rings. The highest BCUT2D eigenvalue weighted by atomic mass is 16.1. The third kappa shape index (κ3) is 5.87. The normalized spacial score (nSPS) is 12.1. The third-order valence-corrected chi connectivity index (χ3v) is 8.15. The van der Waals surface area contributed by atoms with Crippen molar-refractivity contribution in [2.45, 2.75) is 38.3 Å². The number of amides is 1. The van der Waals surface area contributed by atoms with Crippen LogP contribution in [0.3, 0.4) is 0 Å². The zero-order valence-electron chi connectivity index (χ0n) is 24.3. The molecule has 4 aromatic heterocycles. The number of hydrogen-bond acceptors (Lipinski definition) is 4. The monoisotopic (exact) mass is 579 g/mol. The van der Waals surface area contributed by atoms with Gasteiger partial charge in [-0.2, -0.15) is 0 Å². The van der Waals surface area contributed by atoms with E-state index in [0.29, 0.717) is 19.4 Å². The van der Waals surface area contributed by atoms with Gasteiger partial charge < -0.3 is 19.9 Å². The van der Waals surface area contributed by atoms with E-state index in [-0.39, 0.29) is 12.3 Å². The molecule has 0 aliphatic heterocycles. The van der Waals surface area contributed by atoms with Crippen molar-refractivity contribution in [2.24, 2.45) is 0 Å². The first-order valence-corrected chi connectivity index (χ1v) is 15.0. The average Bonchev–Trinajstić information content (AvgIpc) is 3.78. The fourth-order valence-corrected chi connectivity index (χ4v) is 5.95. The van der Waals surface area contributed by atoms with Gasteiger partial charge in [0.2, 0.25) is 5.91 Å². The van der Waals surface area contributed by atoms with E-state index < -0.39 is 6.04 Å². The number of benzene rings is 3. The Balaban J connectivity index is 1.24. The number of hydrogen-bond donors (Lipinski definition) is 3. The van der Waals surface area contributed by atoms with Gasteiger partial charge in [0.1, 0.15) is 5.82 Å². The number of nitrogens with one attached hydrogen (secondary N) is 3. The molecule has 44 heavy (non-hydrogen) atoms. The summed E-state index contributed by atoms with van der Waals surface area (Å²) in [6.07, 6.45) is 8.10. The minimum absolute atomic E-state index is 0.108. The van der Waals surface area contributed by atoms with Crippen LogP contribution in [0.2, 0.25) is 0 Å². The molecule has 1 atom stereocenters. The SMILES string of the molecule is O=C(Cc1ccccn1)NC(Cc1c[nH]c2ccccc12)c1nnc(CCc2c[nH]c3ccccc23)n1Cc1ccccc1. The molecule has 0 fully saturated rings. The Morgan fingerprint density at radius 3 is 2.18 bits per heavy atom. The van der Waals surface area contributed by atoms with E-state index in [1.54, 1.807) is 6.20 Å². The highest BCUT2D eigenvalue weighted by Crippen LogP contribution is 2.26. The van der Waals surface area contributed by atoms with Crippen LogP contribution < -0.4 is 5.32 Å². The highest BCUT2D eigenvalue weighted by Gasteiger charge is 2.25. The van der Waals surface area contributed by atoms with Gasteiger partial charge in [0.25, 0.3) is 0 Å². The fourth-order valence-electron chi connectivity index (χ4n) is 5.95. The van der Waals surface area contributed by atoms with E-state index in [0.717, 1.165) is 51.3 Å². The molecule has 0 saturated carbocycles. The van der Waals surface area contributed by atoms with Gasteiger partial charge in [0.15, 0.2) is 5.82 Å². The first kappa shape index (κ1) is 27.3. The number of pyridine rings is 1. The van der Waals surface area contributed by atoms with Crippen LogP contribution in [0.15, 0.2) is 116 Å². The van der Waals surface area contributed by atoms with Gasteiger partial charge in [-0.05, 0) is 47.4 Å². The van der Waals surface area contributed by atoms with Crippen molar-refractivity contribution < 1.29 is 4.79 Å². The number of aryl methyl sites for hydroxylation is 2. The minimum atomic E-state index is -0.400. The van der Waals surface area contributed by atoms with Crippen LogP contribution in [0.5, 0.6) is 0 Å². The summed E-state index contributed by atoms with van der Waals surface area (Å²) in [5.74, 6) is 1.52. The number of para-hydroxylation sites is 2. The second-order valence-electron chi connectivity index (χ2n) is 11.1. The lowest BCUT2D eigenvalue weighted by Crippen LogP contribution is -2.33. The van der Waals surface area contributed by atoms with Crippen LogP contribution in [0, 0.1) is 0 Å². The maximum absolute atomic E-state index is 13.5. The zero-order chi connectivity index (χ0) is 29.7. The number of fused-ring (bicyclic) bond motifs is 2. The molecule has 0 bridgehead atoms. The van der Waals surface area contributed by atoms with Crippen LogP contribution in [0.25, 0.3) is 21.8 Å². The lowest BCUT2D eigenvalue weighted by molar-refractivity contribution is -0.121. The summed E-state index contributed by atoms with van der Waals surface area (Å²) in [6.45, 7) is 0.604. The van der Waals surface area contributed by atoms with E-state index in [2.05, 4.69) is 73.5 Å². The van der Waals surface area contributed by atoms with Crippen LogP contribution >= 0.6 is 0 Å². The van der Waals surface area contributed by atoms with Crippen molar-refractivity contribution in [3.8, 4) is 0 Å². The molecule has 1 unspecified atom stereocenters. The average molecular weight is 580 g/mol. The third-order valence-electron chi connectivity index (χ3n) is 8.15. The molecular formula is C36H33N7O. The molecule has 4 heterocycles. The summed E-state index contributed by atoms with van der Waals surface area (Å²) in [5, 5.41) is 15.1. The Morgan fingerprint density at radius 1 is 0.750 bits per heavy atom. The second-order valence-corrected chi connectivity index (χ2v) is 11.1. The number of carbonyl (C=O) groups excluding carboxylic acids is 1. The Bertz CT molecular complexity index is 2010. The van der Waals surface area contributed by atoms with Crippen molar-refractivity contribution in [3.63, 3.8) is 0 Å². The van der Waals surface area contributed by atoms with Crippen molar-refractivity contribution in [2.75, 3.05) is 0 Å². The van der Waals surface area contributed by atoms with Crippen molar-refractivity contribution in [1.82, 2.24) is 35.0 Å². The molecule has 0 radical (unpaired) electrons. The molecule has 3 aromatic carbocycles. The predicted octanol–water partition coefficient (Wildman–Crippen LogP) is 6.11. The number of rotatable bonds is 11. The van der Waals surface area contributed by atoms with Crippen molar-refractivity contribution >= 4 is 27.7 Å². The minimum Gasteiger partial charge on any atom is -0.361 e. The van der Waals surface area contributed by atoms with E-state index in [4.69, 9.17) is 10.2 Å². The maximum Gasteiger partial charge on any atom is 0.226 e. The summed E-state index contributed by atoms with van der Waals surface area (Å²) in [6, 6.07) is 32.1. The lowest BCUT2D eigenvalue weighted by Gasteiger charge is -2.20. The molecule has 7 rings (SSSR count). The quantitative estimate of drug-likeness (QED) is 0.172. The Hall–Kier alpha value is -5.50. The van der Waals surface area contributed by atoms with Gasteiger partial charge in [-0.15, -0.1) is 10.2 Å². The van der Waals surface area contributed by atoms with Gasteiger partial charge in [-0.3, -0.25) is 9.78 Å². The molecular weight excluding hydrogens is 546 g/mol. The molecule has 3 N–H and O–H groups in total. The number of carbonyl (C=O) groups is 1. The number of aromatic nitrogens is 6. The number of H-pyrrole nitrogens is 2. The number of aromatic amines is 2. The molecule has 8 nitrogen and oxygen atoms in total. The van der Waals surface area contributed by atoms with Gasteiger partial charge in [0, 0.05) is 58.9 Å². The molecule has 0 spiro atoms. The van der Waals surface area contributed by atoms with E-state index in [9.17, 15) is 4.79 Å². The Labute approximate surface area is 255 Å². The molecule has 1 amide bonds. The van der Waals surface area contributed by atoms with Crippen LogP contribution in [0.4, 0.5) is 0 Å². The first-order valence-electron chi connectivity index (χ1n) is 15.0. The summed E-state index contributed by atoms with van der Waals surface area (Å²) in [7, 11) is 0. The fraction of sp³-hybridized carbons (Fsp3) is 0.167. The smallest absolute Gasteiger partial charge is 0.226 e.